The lowest BCUT2D eigenvalue weighted by Gasteiger charge is -2.30. The minimum absolute atomic E-state index is 0.425. The maximum Gasteiger partial charge on any atom is 0.0682 e. The molecule has 1 aliphatic rings. The van der Waals surface area contributed by atoms with Gasteiger partial charge in [0.1, 0.15) is 0 Å². The van der Waals surface area contributed by atoms with Crippen molar-refractivity contribution in [3.63, 3.8) is 0 Å². The Balaban J connectivity index is 1.77. The van der Waals surface area contributed by atoms with Gasteiger partial charge in [-0.25, -0.2) is 0 Å². The smallest absolute Gasteiger partial charge is 0.0682 e. The number of benzene rings is 1. The van der Waals surface area contributed by atoms with Gasteiger partial charge in [0.2, 0.25) is 0 Å². The van der Waals surface area contributed by atoms with Gasteiger partial charge in [0, 0.05) is 4.90 Å². The van der Waals surface area contributed by atoms with Crippen LogP contribution in [0, 0.1) is 0 Å². The van der Waals surface area contributed by atoms with Crippen molar-refractivity contribution in [3.8, 4) is 0 Å². The fraction of sp³-hybridized carbons (Fsp3) is 0.467. The Kier molecular flexibility index (Phi) is 4.69. The van der Waals surface area contributed by atoms with Gasteiger partial charge >= 0.3 is 0 Å². The van der Waals surface area contributed by atoms with Crippen molar-refractivity contribution in [2.75, 3.05) is 0 Å². The minimum atomic E-state index is -0.425. The molecule has 0 aromatic heterocycles. The van der Waals surface area contributed by atoms with Gasteiger partial charge < -0.3 is 5.11 Å². The van der Waals surface area contributed by atoms with E-state index in [9.17, 15) is 5.11 Å². The first kappa shape index (κ1) is 12.7. The van der Waals surface area contributed by atoms with Crippen molar-refractivity contribution in [3.05, 3.63) is 41.8 Å². The summed E-state index contributed by atoms with van der Waals surface area (Å²) in [6.07, 6.45) is 8.48. The maximum absolute atomic E-state index is 10.3. The Morgan fingerprint density at radius 3 is 2.53 bits per heavy atom. The zero-order valence-corrected chi connectivity index (χ0v) is 11.0. The number of thioether (sulfide) groups is 1. The molecule has 1 fully saturated rings. The summed E-state index contributed by atoms with van der Waals surface area (Å²) in [5.74, 6) is 0. The van der Waals surface area contributed by atoms with E-state index in [2.05, 4.69) is 23.6 Å². The molecule has 2 heteroatoms. The van der Waals surface area contributed by atoms with Gasteiger partial charge in [0.15, 0.2) is 0 Å². The van der Waals surface area contributed by atoms with Crippen LogP contribution in [0.5, 0.6) is 0 Å². The fourth-order valence-electron chi connectivity index (χ4n) is 2.31. The molecule has 0 amide bonds. The molecule has 0 unspecified atom stereocenters. The van der Waals surface area contributed by atoms with Crippen LogP contribution in [0.15, 0.2) is 46.7 Å². The Morgan fingerprint density at radius 2 is 1.82 bits per heavy atom. The second kappa shape index (κ2) is 6.27. The molecular weight excluding hydrogens is 228 g/mol. The van der Waals surface area contributed by atoms with E-state index in [1.54, 1.807) is 11.8 Å². The normalized spacial score (nSPS) is 19.6. The van der Waals surface area contributed by atoms with Gasteiger partial charge in [0.05, 0.1) is 5.60 Å². The number of aliphatic hydroxyl groups is 1. The summed E-state index contributed by atoms with van der Waals surface area (Å²) < 4.78 is 0. The third-order valence-corrected chi connectivity index (χ3v) is 4.20. The molecule has 1 aliphatic carbocycles. The standard InChI is InChI=1S/C15H20OS/c16-15(10-5-2-6-11-15)12-7-13-17-14-8-3-1-4-9-14/h1,3-4,7-9,13,16H,2,5-6,10-12H2. The van der Waals surface area contributed by atoms with Crippen molar-refractivity contribution in [1.29, 1.82) is 0 Å². The van der Waals surface area contributed by atoms with E-state index in [4.69, 9.17) is 0 Å². The summed E-state index contributed by atoms with van der Waals surface area (Å²) in [4.78, 5) is 1.25. The first-order valence-corrected chi connectivity index (χ1v) is 7.26. The Labute approximate surface area is 108 Å². The predicted molar refractivity (Wildman–Crippen MR) is 74.1 cm³/mol. The molecule has 92 valence electrons. The van der Waals surface area contributed by atoms with E-state index in [1.807, 2.05) is 18.2 Å². The first-order valence-electron chi connectivity index (χ1n) is 6.38. The Bertz CT molecular complexity index is 352. The number of rotatable bonds is 4. The van der Waals surface area contributed by atoms with Crippen molar-refractivity contribution < 1.29 is 5.11 Å². The van der Waals surface area contributed by atoms with Gasteiger partial charge in [-0.2, -0.15) is 0 Å². The zero-order valence-electron chi connectivity index (χ0n) is 10.1. The highest BCUT2D eigenvalue weighted by Crippen LogP contribution is 2.31. The van der Waals surface area contributed by atoms with E-state index < -0.39 is 5.60 Å². The van der Waals surface area contributed by atoms with Crippen molar-refractivity contribution in [1.82, 2.24) is 0 Å². The highest BCUT2D eigenvalue weighted by atomic mass is 32.2. The van der Waals surface area contributed by atoms with Crippen molar-refractivity contribution >= 4 is 11.8 Å². The molecule has 0 atom stereocenters. The third-order valence-electron chi connectivity index (χ3n) is 3.33. The molecule has 0 aliphatic heterocycles. The summed E-state index contributed by atoms with van der Waals surface area (Å²) >= 11 is 1.72. The van der Waals surface area contributed by atoms with Gasteiger partial charge in [-0.15, -0.1) is 0 Å². The quantitative estimate of drug-likeness (QED) is 0.798. The van der Waals surface area contributed by atoms with Crippen LogP contribution in [0.3, 0.4) is 0 Å². The molecule has 1 saturated carbocycles. The van der Waals surface area contributed by atoms with Crippen LogP contribution in [0.2, 0.25) is 0 Å². The van der Waals surface area contributed by atoms with Crippen molar-refractivity contribution in [2.24, 2.45) is 0 Å². The van der Waals surface area contributed by atoms with Gasteiger partial charge in [-0.3, -0.25) is 0 Å². The fourth-order valence-corrected chi connectivity index (χ4v) is 2.97. The Hall–Kier alpha value is -0.730. The topological polar surface area (TPSA) is 20.2 Å². The van der Waals surface area contributed by atoms with E-state index in [0.29, 0.717) is 0 Å². The van der Waals surface area contributed by atoms with Crippen molar-refractivity contribution in [2.45, 2.75) is 49.0 Å². The lowest BCUT2D eigenvalue weighted by molar-refractivity contribution is 0.00700. The molecule has 0 bridgehead atoms. The lowest BCUT2D eigenvalue weighted by atomic mass is 9.83. The van der Waals surface area contributed by atoms with Gasteiger partial charge in [0.25, 0.3) is 0 Å². The van der Waals surface area contributed by atoms with E-state index >= 15 is 0 Å². The van der Waals surface area contributed by atoms with Crippen LogP contribution in [0.25, 0.3) is 0 Å². The second-order valence-corrected chi connectivity index (χ2v) is 5.77. The van der Waals surface area contributed by atoms with Gasteiger partial charge in [-0.1, -0.05) is 55.3 Å². The van der Waals surface area contributed by atoms with Crippen LogP contribution in [-0.4, -0.2) is 10.7 Å². The molecule has 0 heterocycles. The second-order valence-electron chi connectivity index (χ2n) is 4.79. The zero-order chi connectivity index (χ0) is 12.0. The summed E-state index contributed by atoms with van der Waals surface area (Å²) in [6.45, 7) is 0. The van der Waals surface area contributed by atoms with Crippen LogP contribution >= 0.6 is 11.8 Å². The summed E-state index contributed by atoms with van der Waals surface area (Å²) in [6, 6.07) is 10.3. The largest absolute Gasteiger partial charge is 0.390 e. The van der Waals surface area contributed by atoms with E-state index in [1.165, 1.54) is 24.2 Å². The molecule has 1 aromatic rings. The van der Waals surface area contributed by atoms with E-state index in [0.717, 1.165) is 19.3 Å². The monoisotopic (exact) mass is 248 g/mol. The first-order chi connectivity index (χ1) is 8.29. The number of hydrogen-bond donors (Lipinski definition) is 1. The average Bonchev–Trinajstić information content (AvgIpc) is 2.37. The molecule has 0 spiro atoms. The SMILES string of the molecule is OC1(CC=CSc2ccccc2)CCCCC1. The molecular formula is C15H20OS. The third kappa shape index (κ3) is 4.21. The number of hydrogen-bond acceptors (Lipinski definition) is 2. The van der Waals surface area contributed by atoms with Crippen LogP contribution in [0.1, 0.15) is 38.5 Å². The predicted octanol–water partition coefficient (Wildman–Crippen LogP) is 4.38. The summed E-state index contributed by atoms with van der Waals surface area (Å²) in [7, 11) is 0. The maximum atomic E-state index is 10.3. The molecule has 2 rings (SSSR count). The Morgan fingerprint density at radius 1 is 1.12 bits per heavy atom. The van der Waals surface area contributed by atoms with Gasteiger partial charge in [-0.05, 0) is 36.8 Å². The molecule has 0 radical (unpaired) electrons. The summed E-state index contributed by atoms with van der Waals surface area (Å²) in [5.41, 5.74) is -0.425. The molecule has 0 saturated heterocycles. The molecule has 1 nitrogen and oxygen atoms in total. The van der Waals surface area contributed by atoms with Crippen LogP contribution in [-0.2, 0) is 0 Å². The molecule has 1 aromatic carbocycles. The minimum Gasteiger partial charge on any atom is -0.390 e. The van der Waals surface area contributed by atoms with E-state index in [-0.39, 0.29) is 0 Å². The highest BCUT2D eigenvalue weighted by Gasteiger charge is 2.27. The molecule has 17 heavy (non-hydrogen) atoms. The molecule has 1 N–H and O–H groups in total. The summed E-state index contributed by atoms with van der Waals surface area (Å²) in [5, 5.41) is 12.4. The van der Waals surface area contributed by atoms with Crippen LogP contribution in [0.4, 0.5) is 0 Å². The van der Waals surface area contributed by atoms with Crippen LogP contribution < -0.4 is 0 Å². The lowest BCUT2D eigenvalue weighted by Crippen LogP contribution is -2.30. The highest BCUT2D eigenvalue weighted by molar-refractivity contribution is 8.02. The average molecular weight is 248 g/mol.